The normalized spacial score (nSPS) is 43.7. The van der Waals surface area contributed by atoms with Crippen molar-refractivity contribution in [3.05, 3.63) is 0 Å². The molecule has 1 saturated carbocycles. The van der Waals surface area contributed by atoms with Crippen LogP contribution in [-0.4, -0.2) is 37.3 Å². The molecular weight excluding hydrogens is 239 g/mol. The predicted molar refractivity (Wildman–Crippen MR) is 64.7 cm³/mol. The lowest BCUT2D eigenvalue weighted by Crippen LogP contribution is -2.41. The number of hydrogen-bond acceptors (Lipinski definition) is 3. The van der Waals surface area contributed by atoms with Crippen LogP contribution >= 0.6 is 0 Å². The monoisotopic (exact) mass is 259 g/mol. The molecule has 2 aliphatic heterocycles. The highest BCUT2D eigenvalue weighted by molar-refractivity contribution is 6.49. The van der Waals surface area contributed by atoms with E-state index in [1.165, 1.54) is 0 Å². The maximum Gasteiger partial charge on any atom is 0.468 e. The fraction of sp³-hybridized carbons (Fsp3) is 1.00. The summed E-state index contributed by atoms with van der Waals surface area (Å²) in [6, 6.07) is 0. The van der Waals surface area contributed by atoms with Gasteiger partial charge in [0.1, 0.15) is 0 Å². The van der Waals surface area contributed by atoms with Crippen LogP contribution in [0.15, 0.2) is 0 Å². The maximum absolute atomic E-state index is 14.1. The van der Waals surface area contributed by atoms with E-state index in [1.54, 1.807) is 0 Å². The average Bonchev–Trinajstić information content (AvgIpc) is 2.53. The molecule has 0 radical (unpaired) electrons. The summed E-state index contributed by atoms with van der Waals surface area (Å²) in [5.74, 6) is -3.47. The third-order valence-corrected chi connectivity index (χ3v) is 5.30. The summed E-state index contributed by atoms with van der Waals surface area (Å²) in [5.41, 5.74) is -2.01. The van der Waals surface area contributed by atoms with Crippen molar-refractivity contribution < 1.29 is 18.1 Å². The smallest absolute Gasteiger partial charge is 0.403 e. The van der Waals surface area contributed by atoms with Gasteiger partial charge < -0.3 is 14.6 Å². The van der Waals surface area contributed by atoms with Crippen molar-refractivity contribution in [3.8, 4) is 0 Å². The Labute approximate surface area is 107 Å². The van der Waals surface area contributed by atoms with Gasteiger partial charge in [-0.2, -0.15) is 0 Å². The van der Waals surface area contributed by atoms with Gasteiger partial charge in [-0.25, -0.2) is 8.78 Å². The second kappa shape index (κ2) is 3.27. The van der Waals surface area contributed by atoms with Gasteiger partial charge in [0.15, 0.2) is 0 Å². The van der Waals surface area contributed by atoms with Gasteiger partial charge in [-0.3, -0.25) is 0 Å². The second-order valence-corrected chi connectivity index (χ2v) is 6.81. The molecule has 2 saturated heterocycles. The highest BCUT2D eigenvalue weighted by Crippen LogP contribution is 2.75. The van der Waals surface area contributed by atoms with Crippen LogP contribution in [0.5, 0.6) is 0 Å². The van der Waals surface area contributed by atoms with Gasteiger partial charge in [-0.15, -0.1) is 0 Å². The Bertz CT molecular complexity index is 364. The van der Waals surface area contributed by atoms with E-state index in [2.05, 4.69) is 5.32 Å². The van der Waals surface area contributed by atoms with Gasteiger partial charge in [0.05, 0.1) is 22.4 Å². The molecule has 3 fully saturated rings. The molecular formula is C12H20BF2NO2. The molecule has 18 heavy (non-hydrogen) atoms. The van der Waals surface area contributed by atoms with Crippen molar-refractivity contribution in [3.63, 3.8) is 0 Å². The first-order valence-electron chi connectivity index (χ1n) is 6.58. The fourth-order valence-corrected chi connectivity index (χ4v) is 3.26. The second-order valence-electron chi connectivity index (χ2n) is 6.81. The van der Waals surface area contributed by atoms with E-state index in [0.29, 0.717) is 19.5 Å². The minimum atomic E-state index is -2.67. The third kappa shape index (κ3) is 1.34. The minimum absolute atomic E-state index is 0.370. The third-order valence-electron chi connectivity index (χ3n) is 5.30. The van der Waals surface area contributed by atoms with Crippen molar-refractivity contribution in [2.24, 2.45) is 5.41 Å². The molecule has 0 aromatic heterocycles. The summed E-state index contributed by atoms with van der Waals surface area (Å²) in [6.07, 6.45) is 0.509. The Balaban J connectivity index is 1.83. The Morgan fingerprint density at radius 2 is 1.67 bits per heavy atom. The Hall–Kier alpha value is -0.195. The summed E-state index contributed by atoms with van der Waals surface area (Å²) in [6.45, 7) is 8.61. The SMILES string of the molecule is CC1(C)OB(C2C(F)(F)C23CCNC3)OC1(C)C. The quantitative estimate of drug-likeness (QED) is 0.731. The van der Waals surface area contributed by atoms with Crippen molar-refractivity contribution >= 4 is 7.12 Å². The summed E-state index contributed by atoms with van der Waals surface area (Å²) in [7, 11) is -0.787. The van der Waals surface area contributed by atoms with Crippen LogP contribution in [-0.2, 0) is 9.31 Å². The number of halogens is 2. The number of alkyl halides is 2. The molecule has 1 spiro atoms. The Morgan fingerprint density at radius 3 is 2.11 bits per heavy atom. The van der Waals surface area contributed by atoms with Crippen LogP contribution in [0, 0.1) is 5.41 Å². The van der Waals surface area contributed by atoms with E-state index >= 15 is 0 Å². The van der Waals surface area contributed by atoms with Gasteiger partial charge >= 0.3 is 7.12 Å². The molecule has 2 atom stereocenters. The molecule has 1 aliphatic carbocycles. The topological polar surface area (TPSA) is 30.5 Å². The zero-order chi connectivity index (χ0) is 13.4. The van der Waals surface area contributed by atoms with Crippen LogP contribution in [0.25, 0.3) is 0 Å². The molecule has 3 rings (SSSR count). The minimum Gasteiger partial charge on any atom is -0.403 e. The lowest BCUT2D eigenvalue weighted by Gasteiger charge is -2.32. The lowest BCUT2D eigenvalue weighted by molar-refractivity contribution is 0.00578. The molecule has 0 amide bonds. The van der Waals surface area contributed by atoms with Crippen molar-refractivity contribution in [2.45, 2.75) is 57.1 Å². The van der Waals surface area contributed by atoms with E-state index in [-0.39, 0.29) is 0 Å². The van der Waals surface area contributed by atoms with Crippen LogP contribution in [0.1, 0.15) is 34.1 Å². The van der Waals surface area contributed by atoms with Crippen molar-refractivity contribution in [1.29, 1.82) is 0 Å². The summed E-state index contributed by atoms with van der Waals surface area (Å²) < 4.78 is 39.8. The van der Waals surface area contributed by atoms with Crippen LogP contribution in [0.3, 0.4) is 0 Å². The molecule has 0 aromatic rings. The summed E-state index contributed by atoms with van der Waals surface area (Å²) in [4.78, 5) is 0. The van der Waals surface area contributed by atoms with Crippen LogP contribution in [0.4, 0.5) is 8.78 Å². The van der Waals surface area contributed by atoms with E-state index in [0.717, 1.165) is 0 Å². The Morgan fingerprint density at radius 1 is 1.11 bits per heavy atom. The van der Waals surface area contributed by atoms with E-state index in [4.69, 9.17) is 9.31 Å². The van der Waals surface area contributed by atoms with Gasteiger partial charge in [0.2, 0.25) is 0 Å². The molecule has 0 bridgehead atoms. The summed E-state index contributed by atoms with van der Waals surface area (Å²) in [5, 5.41) is 3.03. The first-order chi connectivity index (χ1) is 8.14. The molecule has 6 heteroatoms. The van der Waals surface area contributed by atoms with E-state index in [9.17, 15) is 8.78 Å². The molecule has 2 unspecified atom stereocenters. The molecule has 3 aliphatic rings. The molecule has 3 nitrogen and oxygen atoms in total. The standard InChI is InChI=1S/C12H20BF2NO2/c1-9(2)10(3,4)18-13(17-9)8-11(12(8,14)15)5-6-16-7-11/h8,16H,5-7H2,1-4H3. The van der Waals surface area contributed by atoms with E-state index < -0.39 is 35.5 Å². The van der Waals surface area contributed by atoms with Crippen LogP contribution in [0.2, 0.25) is 5.82 Å². The number of nitrogens with one attached hydrogen (secondary N) is 1. The van der Waals surface area contributed by atoms with Gasteiger partial charge in [-0.1, -0.05) is 0 Å². The van der Waals surface area contributed by atoms with Gasteiger partial charge in [0.25, 0.3) is 5.92 Å². The highest BCUT2D eigenvalue weighted by Gasteiger charge is 2.86. The molecule has 2 heterocycles. The summed E-state index contributed by atoms with van der Waals surface area (Å²) >= 11 is 0. The maximum atomic E-state index is 14.1. The van der Waals surface area contributed by atoms with Gasteiger partial charge in [0, 0.05) is 6.54 Å². The zero-order valence-corrected chi connectivity index (χ0v) is 11.3. The van der Waals surface area contributed by atoms with Crippen molar-refractivity contribution in [2.75, 3.05) is 13.1 Å². The molecule has 0 aromatic carbocycles. The molecule has 102 valence electrons. The van der Waals surface area contributed by atoms with E-state index in [1.807, 2.05) is 27.7 Å². The average molecular weight is 259 g/mol. The van der Waals surface area contributed by atoms with Gasteiger partial charge in [-0.05, 0) is 40.7 Å². The highest BCUT2D eigenvalue weighted by atomic mass is 19.3. The molecule has 1 N–H and O–H groups in total. The lowest BCUT2D eigenvalue weighted by atomic mass is 9.76. The largest absolute Gasteiger partial charge is 0.468 e. The Kier molecular flexibility index (Phi) is 2.33. The first-order valence-corrected chi connectivity index (χ1v) is 6.58. The van der Waals surface area contributed by atoms with Crippen molar-refractivity contribution in [1.82, 2.24) is 5.32 Å². The number of rotatable bonds is 1. The number of hydrogen-bond donors (Lipinski definition) is 1. The zero-order valence-electron chi connectivity index (χ0n) is 11.3. The van der Waals surface area contributed by atoms with Crippen LogP contribution < -0.4 is 5.32 Å². The predicted octanol–water partition coefficient (Wildman–Crippen LogP) is 2.08. The first kappa shape index (κ1) is 12.8. The fourth-order valence-electron chi connectivity index (χ4n) is 3.26.